The van der Waals surface area contributed by atoms with Gasteiger partial charge in [-0.25, -0.2) is 4.39 Å². The zero-order chi connectivity index (χ0) is 15.6. The first-order valence-electron chi connectivity index (χ1n) is 6.95. The number of aliphatic hydroxyl groups excluding tert-OH is 1. The number of benzene rings is 1. The molecule has 0 radical (unpaired) electrons. The van der Waals surface area contributed by atoms with Crippen LogP contribution in [0.3, 0.4) is 0 Å². The van der Waals surface area contributed by atoms with Crippen molar-refractivity contribution in [2.45, 2.75) is 32.1 Å². The number of hydrogen-bond acceptors (Lipinski definition) is 4. The largest absolute Gasteiger partial charge is 0.394 e. The lowest BCUT2D eigenvalue weighted by Gasteiger charge is -2.42. The molecule has 0 aromatic heterocycles. The summed E-state index contributed by atoms with van der Waals surface area (Å²) in [6.45, 7) is 5.43. The number of aliphatic hydroxyl groups is 1. The number of morpholine rings is 1. The fourth-order valence-electron chi connectivity index (χ4n) is 2.78. The van der Waals surface area contributed by atoms with Gasteiger partial charge in [0.05, 0.1) is 23.9 Å². The molecule has 1 fully saturated rings. The van der Waals surface area contributed by atoms with E-state index in [1.54, 1.807) is 12.1 Å². The highest BCUT2D eigenvalue weighted by Crippen LogP contribution is 2.23. The van der Waals surface area contributed by atoms with Gasteiger partial charge in [0.25, 0.3) is 0 Å². The number of ether oxygens (including phenoxy) is 1. The molecule has 1 aromatic carbocycles. The van der Waals surface area contributed by atoms with Crippen LogP contribution in [0.15, 0.2) is 18.2 Å². The summed E-state index contributed by atoms with van der Waals surface area (Å²) in [6.07, 6.45) is -0.271. The lowest BCUT2D eigenvalue weighted by molar-refractivity contribution is -0.150. The first-order chi connectivity index (χ1) is 9.82. The molecule has 5 nitrogen and oxygen atoms in total. The summed E-state index contributed by atoms with van der Waals surface area (Å²) in [5, 5.41) is 16.7. The summed E-state index contributed by atoms with van der Waals surface area (Å²) in [7, 11) is 0. The Balaban J connectivity index is 2.18. The molecule has 1 saturated heterocycles. The number of nitrogens with zero attached hydrogens (tertiary/aromatic N) is 1. The molecule has 1 atom stereocenters. The minimum absolute atomic E-state index is 0.0596. The van der Waals surface area contributed by atoms with Crippen LogP contribution in [0, 0.1) is 11.2 Å². The van der Waals surface area contributed by atoms with E-state index in [-0.39, 0.29) is 29.7 Å². The molecule has 0 bridgehead atoms. The van der Waals surface area contributed by atoms with E-state index in [9.17, 15) is 9.50 Å². The Labute approximate surface area is 124 Å². The van der Waals surface area contributed by atoms with Crippen molar-refractivity contribution in [3.05, 3.63) is 35.1 Å². The van der Waals surface area contributed by atoms with Crippen molar-refractivity contribution < 1.29 is 14.2 Å². The summed E-state index contributed by atoms with van der Waals surface area (Å²) in [6, 6.07) is 4.89. The van der Waals surface area contributed by atoms with Crippen molar-refractivity contribution in [3.8, 4) is 0 Å². The monoisotopic (exact) mass is 295 g/mol. The fourth-order valence-corrected chi connectivity index (χ4v) is 2.78. The van der Waals surface area contributed by atoms with Crippen LogP contribution in [0.2, 0.25) is 0 Å². The van der Waals surface area contributed by atoms with Gasteiger partial charge in [-0.1, -0.05) is 12.1 Å². The fraction of sp³-hybridized carbons (Fsp3) is 0.533. The summed E-state index contributed by atoms with van der Waals surface area (Å²) < 4.78 is 20.1. The van der Waals surface area contributed by atoms with Crippen LogP contribution in [0.25, 0.3) is 0 Å². The molecule has 0 aliphatic carbocycles. The Kier molecular flexibility index (Phi) is 4.61. The lowest BCUT2D eigenvalue weighted by atomic mass is 10.0. The second-order valence-electron chi connectivity index (χ2n) is 6.04. The molecule has 6 heteroatoms. The van der Waals surface area contributed by atoms with Gasteiger partial charge in [0, 0.05) is 25.2 Å². The summed E-state index contributed by atoms with van der Waals surface area (Å²) >= 11 is 0. The summed E-state index contributed by atoms with van der Waals surface area (Å²) in [5.41, 5.74) is 5.61. The second kappa shape index (κ2) is 6.09. The van der Waals surface area contributed by atoms with Crippen molar-refractivity contribution in [2.24, 2.45) is 5.73 Å². The van der Waals surface area contributed by atoms with E-state index >= 15 is 0 Å². The quantitative estimate of drug-likeness (QED) is 0.573. The summed E-state index contributed by atoms with van der Waals surface area (Å²) in [4.78, 5) is 2.05. The number of hydrogen-bond donors (Lipinski definition) is 3. The molecule has 0 spiro atoms. The van der Waals surface area contributed by atoms with Crippen LogP contribution in [0.4, 0.5) is 4.39 Å². The van der Waals surface area contributed by atoms with Gasteiger partial charge >= 0.3 is 0 Å². The Morgan fingerprint density at radius 1 is 1.57 bits per heavy atom. The van der Waals surface area contributed by atoms with Crippen molar-refractivity contribution in [1.29, 1.82) is 5.41 Å². The van der Waals surface area contributed by atoms with Gasteiger partial charge in [0.2, 0.25) is 0 Å². The van der Waals surface area contributed by atoms with Crippen LogP contribution in [0.1, 0.15) is 25.0 Å². The standard InChI is InChI=1S/C15H22FN3O2/c1-15(2)9-19(7-11(8-20)21-15)6-10-4-3-5-12(13(10)16)14(17)18/h3-5,11,20H,6-9H2,1-2H3,(H3,17,18). The number of rotatable bonds is 4. The third-order valence-corrected chi connectivity index (χ3v) is 3.52. The zero-order valence-corrected chi connectivity index (χ0v) is 12.4. The van der Waals surface area contributed by atoms with Crippen LogP contribution < -0.4 is 5.73 Å². The Morgan fingerprint density at radius 2 is 2.29 bits per heavy atom. The van der Waals surface area contributed by atoms with Gasteiger partial charge in [-0.05, 0) is 19.9 Å². The van der Waals surface area contributed by atoms with E-state index in [1.165, 1.54) is 6.07 Å². The molecule has 2 rings (SSSR count). The minimum Gasteiger partial charge on any atom is -0.394 e. The maximum atomic E-state index is 14.3. The number of nitrogens with two attached hydrogens (primary N) is 1. The van der Waals surface area contributed by atoms with E-state index in [1.807, 2.05) is 18.7 Å². The first kappa shape index (κ1) is 15.9. The van der Waals surface area contributed by atoms with E-state index < -0.39 is 5.82 Å². The maximum Gasteiger partial charge on any atom is 0.138 e. The number of halogens is 1. The van der Waals surface area contributed by atoms with Gasteiger partial charge in [-0.15, -0.1) is 0 Å². The van der Waals surface area contributed by atoms with Crippen LogP contribution in [0.5, 0.6) is 0 Å². The van der Waals surface area contributed by atoms with Crippen LogP contribution in [-0.2, 0) is 11.3 Å². The van der Waals surface area contributed by atoms with Gasteiger partial charge in [-0.2, -0.15) is 0 Å². The molecule has 0 saturated carbocycles. The van der Waals surface area contributed by atoms with E-state index in [0.717, 1.165) is 0 Å². The van der Waals surface area contributed by atoms with E-state index in [4.69, 9.17) is 15.9 Å². The predicted molar refractivity (Wildman–Crippen MR) is 78.7 cm³/mol. The van der Waals surface area contributed by atoms with Gasteiger partial charge in [0.1, 0.15) is 11.7 Å². The first-order valence-corrected chi connectivity index (χ1v) is 6.95. The molecule has 4 N–H and O–H groups in total. The molecule has 1 aliphatic rings. The maximum absolute atomic E-state index is 14.3. The Hall–Kier alpha value is -1.50. The van der Waals surface area contributed by atoms with Crippen molar-refractivity contribution >= 4 is 5.84 Å². The smallest absolute Gasteiger partial charge is 0.138 e. The Bertz CT molecular complexity index is 534. The van der Waals surface area contributed by atoms with Gasteiger partial charge < -0.3 is 15.6 Å². The molecule has 1 unspecified atom stereocenters. The summed E-state index contributed by atoms with van der Waals surface area (Å²) in [5.74, 6) is -0.722. The highest BCUT2D eigenvalue weighted by Gasteiger charge is 2.33. The highest BCUT2D eigenvalue weighted by molar-refractivity contribution is 5.95. The minimum atomic E-state index is -0.449. The molecule has 0 amide bonds. The normalized spacial score (nSPS) is 22.2. The molecular weight excluding hydrogens is 273 g/mol. The molecular formula is C15H22FN3O2. The molecule has 1 aliphatic heterocycles. The third-order valence-electron chi connectivity index (χ3n) is 3.52. The second-order valence-corrected chi connectivity index (χ2v) is 6.04. The van der Waals surface area contributed by atoms with Crippen molar-refractivity contribution in [1.82, 2.24) is 4.90 Å². The van der Waals surface area contributed by atoms with Crippen LogP contribution >= 0.6 is 0 Å². The van der Waals surface area contributed by atoms with Gasteiger partial charge in [0.15, 0.2) is 0 Å². The highest BCUT2D eigenvalue weighted by atomic mass is 19.1. The average Bonchev–Trinajstić information content (AvgIpc) is 2.39. The molecule has 1 heterocycles. The molecule has 116 valence electrons. The van der Waals surface area contributed by atoms with Crippen molar-refractivity contribution in [2.75, 3.05) is 19.7 Å². The van der Waals surface area contributed by atoms with Crippen molar-refractivity contribution in [3.63, 3.8) is 0 Å². The van der Waals surface area contributed by atoms with E-state index in [0.29, 0.717) is 25.2 Å². The predicted octanol–water partition coefficient (Wildman–Crippen LogP) is 1.08. The lowest BCUT2D eigenvalue weighted by Crippen LogP contribution is -2.53. The van der Waals surface area contributed by atoms with Crippen LogP contribution in [-0.4, -0.2) is 47.2 Å². The SMILES string of the molecule is CC1(C)CN(Cc2cccc(C(=N)N)c2F)CC(CO)O1. The number of amidine groups is 1. The zero-order valence-electron chi connectivity index (χ0n) is 12.4. The average molecular weight is 295 g/mol. The van der Waals surface area contributed by atoms with E-state index in [2.05, 4.69) is 0 Å². The number of nitrogens with one attached hydrogen (secondary N) is 1. The number of nitrogen functional groups attached to an aromatic ring is 1. The Morgan fingerprint density at radius 3 is 2.90 bits per heavy atom. The topological polar surface area (TPSA) is 82.6 Å². The van der Waals surface area contributed by atoms with Gasteiger partial charge in [-0.3, -0.25) is 10.3 Å². The molecule has 1 aromatic rings. The third kappa shape index (κ3) is 3.78. The molecule has 21 heavy (non-hydrogen) atoms.